The van der Waals surface area contributed by atoms with E-state index in [1.165, 1.54) is 7.11 Å². The first-order valence-electron chi connectivity index (χ1n) is 26.4. The minimum absolute atomic E-state index is 0.0637. The zero-order valence-corrected chi connectivity index (χ0v) is 46.6. The van der Waals surface area contributed by atoms with E-state index < -0.39 is 58.9 Å². The summed E-state index contributed by atoms with van der Waals surface area (Å²) in [5, 5.41) is 7.33. The van der Waals surface area contributed by atoms with Crippen molar-refractivity contribution in [3.63, 3.8) is 0 Å². The van der Waals surface area contributed by atoms with Crippen molar-refractivity contribution in [2.75, 3.05) is 107 Å². The van der Waals surface area contributed by atoms with Crippen LogP contribution >= 0.6 is 0 Å². The number of benzene rings is 2. The molecule has 1 unspecified atom stereocenters. The van der Waals surface area contributed by atoms with Crippen molar-refractivity contribution in [1.82, 2.24) is 26.1 Å². The average Bonchev–Trinajstić information content (AvgIpc) is 3.38. The van der Waals surface area contributed by atoms with Gasteiger partial charge in [0.25, 0.3) is 0 Å². The Labute approximate surface area is 451 Å². The van der Waals surface area contributed by atoms with Gasteiger partial charge in [0.15, 0.2) is 5.78 Å². The van der Waals surface area contributed by atoms with Crippen LogP contribution < -0.4 is 16.1 Å². The Morgan fingerprint density at radius 1 is 0.645 bits per heavy atom. The summed E-state index contributed by atoms with van der Waals surface area (Å²) in [5.74, 6) is -2.76. The fourth-order valence-corrected chi connectivity index (χ4v) is 7.89. The van der Waals surface area contributed by atoms with E-state index in [-0.39, 0.29) is 51.5 Å². The number of hydrazine groups is 1. The number of carbonyl (C=O) groups excluding carboxylic acids is 5. The van der Waals surface area contributed by atoms with Gasteiger partial charge in [-0.1, -0.05) is 116 Å². The van der Waals surface area contributed by atoms with Crippen molar-refractivity contribution in [2.45, 2.75) is 99.3 Å². The van der Waals surface area contributed by atoms with Gasteiger partial charge in [0.05, 0.1) is 110 Å². The van der Waals surface area contributed by atoms with Gasteiger partial charge in [-0.15, -0.1) is 0 Å². The minimum atomic E-state index is -1.01. The van der Waals surface area contributed by atoms with E-state index in [0.29, 0.717) is 78.8 Å². The van der Waals surface area contributed by atoms with Crippen molar-refractivity contribution in [1.29, 1.82) is 0 Å². The Bertz CT molecular complexity index is 2090. The van der Waals surface area contributed by atoms with Gasteiger partial charge in [0.1, 0.15) is 12.7 Å². The maximum absolute atomic E-state index is 14.8. The predicted molar refractivity (Wildman–Crippen MR) is 288 cm³/mol. The predicted octanol–water partition coefficient (Wildman–Crippen LogP) is 7.39. The number of Topliss-reactive ketones (excluding diaryl/α,β-unsaturated/α-hetero) is 1. The number of nitrogens with zero attached hydrogens (tertiary/aromatic N) is 2. The van der Waals surface area contributed by atoms with Crippen LogP contribution in [0, 0.1) is 22.7 Å². The molecule has 0 aliphatic heterocycles. The smallest absolute Gasteiger partial charge is 0.407 e. The molecule has 3 amide bonds. The molecule has 0 fully saturated rings. The molecule has 76 heavy (non-hydrogen) atoms. The summed E-state index contributed by atoms with van der Waals surface area (Å²) in [6.45, 7) is 18.0. The van der Waals surface area contributed by atoms with Gasteiger partial charge in [-0.05, 0) is 46.9 Å². The molecule has 424 valence electrons. The number of methoxy groups -OCH3 is 2. The maximum atomic E-state index is 14.8. The van der Waals surface area contributed by atoms with Crippen LogP contribution in [0.25, 0.3) is 11.3 Å². The first kappa shape index (κ1) is 64.7. The maximum Gasteiger partial charge on any atom is 0.407 e. The van der Waals surface area contributed by atoms with E-state index in [0.717, 1.165) is 28.8 Å². The number of hydrogen-bond donors (Lipinski definition) is 3. The first-order valence-corrected chi connectivity index (χ1v) is 26.4. The lowest BCUT2D eigenvalue weighted by Crippen LogP contribution is -2.53. The summed E-state index contributed by atoms with van der Waals surface area (Å²) in [5.41, 5.74) is 5.03. The van der Waals surface area contributed by atoms with Crippen LogP contribution in [0.3, 0.4) is 0 Å². The van der Waals surface area contributed by atoms with Gasteiger partial charge < -0.3 is 53.3 Å². The lowest BCUT2D eigenvalue weighted by atomic mass is 9.78. The molecule has 0 radical (unpaired) electrons. The highest BCUT2D eigenvalue weighted by atomic mass is 16.6. The largest absolute Gasteiger partial charge is 0.469 e. The molecule has 19 heteroatoms. The van der Waals surface area contributed by atoms with Crippen molar-refractivity contribution >= 4 is 29.8 Å². The molecule has 0 spiro atoms. The Kier molecular flexibility index (Phi) is 31.1. The van der Waals surface area contributed by atoms with Gasteiger partial charge in [0.2, 0.25) is 5.91 Å². The number of hydrogen-bond acceptors (Lipinski definition) is 16. The van der Waals surface area contributed by atoms with Crippen LogP contribution in [0.5, 0.6) is 0 Å². The van der Waals surface area contributed by atoms with Crippen molar-refractivity contribution in [3.05, 3.63) is 90.1 Å². The third kappa shape index (κ3) is 27.0. The molecular formula is C57H87N5O14. The summed E-state index contributed by atoms with van der Waals surface area (Å²) in [4.78, 5) is 73.4. The molecule has 0 aliphatic rings. The van der Waals surface area contributed by atoms with Crippen molar-refractivity contribution < 1.29 is 66.6 Å². The molecule has 3 aromatic rings. The number of alkyl carbamates (subject to hydrolysis) is 2. The summed E-state index contributed by atoms with van der Waals surface area (Å²) in [6.07, 6.45) is 0.789. The Balaban J connectivity index is 1.80. The topological polar surface area (TPSA) is 221 Å². The first-order chi connectivity index (χ1) is 36.4. The van der Waals surface area contributed by atoms with E-state index in [9.17, 15) is 24.0 Å². The summed E-state index contributed by atoms with van der Waals surface area (Å²) >= 11 is 0. The monoisotopic (exact) mass is 1070 g/mol. The highest BCUT2D eigenvalue weighted by molar-refractivity contribution is 5.88. The molecule has 19 nitrogen and oxygen atoms in total. The number of ketones is 1. The van der Waals surface area contributed by atoms with E-state index in [2.05, 4.69) is 21.0 Å². The number of rotatable bonds is 38. The molecule has 0 saturated carbocycles. The number of pyridine rings is 1. The standard InChI is InChI=1S/C57H87N5O14/c1-10-11-24-59-54(66)76-50(42-62(61-53(65)47(56(2,3)4)40-51(64)69-9)41-44-20-22-45(23-21-44)48-19-15-16-25-58-48)46(38-43-17-13-12-14-18-43)39-49(63)52(57(5,6)7)60-55(67)75-37-36-74-35-34-73-33-32-72-31-30-71-29-28-70-27-26-68-8/h12-23,25,46-47,50,52H,10-11,24,26-42H2,1-9H3,(H,59,66)(H,60,67)(H,61,65)/t46-,47?,50+,52-/m1/s1. The number of aromatic nitrogens is 1. The van der Waals surface area contributed by atoms with Crippen LogP contribution in [0.2, 0.25) is 0 Å². The van der Waals surface area contributed by atoms with Gasteiger partial charge in [-0.3, -0.25) is 24.8 Å². The molecule has 1 aromatic heterocycles. The molecular weight excluding hydrogens is 979 g/mol. The Hall–Kier alpha value is -5.54. The molecule has 0 saturated heterocycles. The fraction of sp³-hybridized carbons (Fsp3) is 0.614. The second kappa shape index (κ2) is 36.5. The highest BCUT2D eigenvalue weighted by Gasteiger charge is 2.39. The molecule has 2 aromatic carbocycles. The van der Waals surface area contributed by atoms with Gasteiger partial charge >= 0.3 is 18.2 Å². The summed E-state index contributed by atoms with van der Waals surface area (Å²) in [7, 11) is 2.91. The number of carbonyl (C=O) groups is 5. The van der Waals surface area contributed by atoms with Crippen molar-refractivity contribution in [2.24, 2.45) is 22.7 Å². The second-order valence-corrected chi connectivity index (χ2v) is 20.4. The number of ether oxygens (including phenoxy) is 9. The van der Waals surface area contributed by atoms with Gasteiger partial charge in [-0.25, -0.2) is 14.6 Å². The fourth-order valence-electron chi connectivity index (χ4n) is 7.89. The van der Waals surface area contributed by atoms with Crippen LogP contribution in [0.4, 0.5) is 9.59 Å². The molecule has 3 N–H and O–H groups in total. The molecule has 3 rings (SSSR count). The van der Waals surface area contributed by atoms with Crippen molar-refractivity contribution in [3.8, 4) is 11.3 Å². The van der Waals surface area contributed by atoms with Crippen LogP contribution in [0.1, 0.15) is 85.3 Å². The normalized spacial score (nSPS) is 13.3. The zero-order chi connectivity index (χ0) is 55.6. The molecule has 0 bridgehead atoms. The minimum Gasteiger partial charge on any atom is -0.469 e. The molecule has 0 aliphatic carbocycles. The lowest BCUT2D eigenvalue weighted by Gasteiger charge is -2.36. The van der Waals surface area contributed by atoms with E-state index in [1.807, 2.05) is 121 Å². The van der Waals surface area contributed by atoms with Gasteiger partial charge in [-0.2, -0.15) is 0 Å². The second-order valence-electron chi connectivity index (χ2n) is 20.4. The van der Waals surface area contributed by atoms with Gasteiger partial charge in [0, 0.05) is 44.3 Å². The van der Waals surface area contributed by atoms with E-state index in [4.69, 9.17) is 42.6 Å². The van der Waals surface area contributed by atoms with Crippen LogP contribution in [0.15, 0.2) is 79.0 Å². The quantitative estimate of drug-likeness (QED) is 0.0220. The zero-order valence-electron chi connectivity index (χ0n) is 46.6. The third-order valence-corrected chi connectivity index (χ3v) is 12.1. The Morgan fingerprint density at radius 2 is 1.22 bits per heavy atom. The molecule has 4 atom stereocenters. The van der Waals surface area contributed by atoms with E-state index in [1.54, 1.807) is 18.3 Å². The highest BCUT2D eigenvalue weighted by Crippen LogP contribution is 2.31. The number of amides is 3. The number of esters is 1. The summed E-state index contributed by atoms with van der Waals surface area (Å²) < 4.78 is 49.2. The average molecular weight is 1070 g/mol. The SMILES string of the molecule is CCCCNC(=O)O[C@@H](CN(Cc1ccc(-c2ccccn2)cc1)NC(=O)C(CC(=O)OC)C(C)(C)C)[C@@H](CC(=O)[C@@H](NC(=O)OCCOCCOCCOCCOCCOCCOC)C(C)(C)C)Cc1ccccc1. The Morgan fingerprint density at radius 3 is 1.75 bits per heavy atom. The van der Waals surface area contributed by atoms with Crippen LogP contribution in [-0.4, -0.2) is 159 Å². The third-order valence-electron chi connectivity index (χ3n) is 12.1. The summed E-state index contributed by atoms with van der Waals surface area (Å²) in [6, 6.07) is 21.9. The lowest BCUT2D eigenvalue weighted by molar-refractivity contribution is -0.148. The number of unbranched alkanes of at least 4 members (excludes halogenated alkanes) is 1. The van der Waals surface area contributed by atoms with E-state index >= 15 is 0 Å². The number of nitrogens with one attached hydrogen (secondary N) is 3. The molecule has 1 heterocycles. The van der Waals surface area contributed by atoms with Crippen LogP contribution in [-0.2, 0) is 70.0 Å².